The molecule has 4 nitrogen and oxygen atoms in total. The Kier molecular flexibility index (Phi) is 2.46. The topological polar surface area (TPSA) is 58.6 Å². The summed E-state index contributed by atoms with van der Waals surface area (Å²) in [7, 11) is -2.70. The van der Waals surface area contributed by atoms with Gasteiger partial charge in [0.15, 0.2) is 0 Å². The van der Waals surface area contributed by atoms with Crippen LogP contribution in [0, 0.1) is 0 Å². The molecule has 0 spiro atoms. The quantitative estimate of drug-likeness (QED) is 0.290. The van der Waals surface area contributed by atoms with Gasteiger partial charge in [-0.2, -0.15) is 4.67 Å². The minimum atomic E-state index is -2.70. The number of hydrogen-bond donors (Lipinski definition) is 0. The van der Waals surface area contributed by atoms with E-state index >= 15 is 0 Å². The van der Waals surface area contributed by atoms with Gasteiger partial charge in [-0.15, -0.1) is 0 Å². The smallest absolute Gasteiger partial charge is 0.229 e. The molecule has 0 aliphatic heterocycles. The fourth-order valence-corrected chi connectivity index (χ4v) is 0.220. The van der Waals surface area contributed by atoms with Crippen LogP contribution in [0.25, 0.3) is 0 Å². The molecule has 5 heteroatoms. The minimum absolute atomic E-state index is 1.28. The molecule has 0 heterocycles. The van der Waals surface area contributed by atoms with Crippen LogP contribution >= 0.6 is 7.37 Å². The van der Waals surface area contributed by atoms with Crippen molar-refractivity contribution < 1.29 is 19.5 Å². The maximum absolute atomic E-state index is 10.3. The van der Waals surface area contributed by atoms with Crippen LogP contribution in [-0.4, -0.2) is 13.3 Å². The van der Waals surface area contributed by atoms with Crippen LogP contribution in [0.15, 0.2) is 0 Å². The summed E-state index contributed by atoms with van der Waals surface area (Å²) in [5.41, 5.74) is 0. The van der Waals surface area contributed by atoms with E-state index in [-0.39, 0.29) is 0 Å². The molecule has 0 aliphatic rings. The molecule has 44 valence electrons. The third-order valence-corrected chi connectivity index (χ3v) is 0.630. The minimum Gasteiger partial charge on any atom is -0.692 e. The fourth-order valence-electron chi connectivity index (χ4n) is 0.0733. The first-order chi connectivity index (χ1) is 3.06. The van der Waals surface area contributed by atoms with Crippen LogP contribution in [0.3, 0.4) is 0 Å². The van der Waals surface area contributed by atoms with Crippen molar-refractivity contribution in [2.45, 2.75) is 0 Å². The van der Waals surface area contributed by atoms with Gasteiger partial charge in [-0.1, -0.05) is 0 Å². The Balaban J connectivity index is 3.36. The molecular weight excluding hydrogens is 119 g/mol. The first kappa shape index (κ1) is 7.11. The zero-order valence-electron chi connectivity index (χ0n) is 4.08. The Morgan fingerprint density at radius 2 is 2.00 bits per heavy atom. The molecule has 0 saturated carbocycles. The van der Waals surface area contributed by atoms with Crippen LogP contribution in [-0.2, 0) is 14.3 Å². The largest absolute Gasteiger partial charge is 0.692 e. The van der Waals surface area contributed by atoms with Gasteiger partial charge in [-0.05, 0) is 0 Å². The first-order valence-electron chi connectivity index (χ1n) is 1.59. The highest BCUT2D eigenvalue weighted by Crippen LogP contribution is 2.36. The van der Waals surface area contributed by atoms with Crippen LogP contribution in [0.1, 0.15) is 0 Å². The van der Waals surface area contributed by atoms with Crippen LogP contribution in [0.5, 0.6) is 0 Å². The van der Waals surface area contributed by atoms with E-state index in [0.29, 0.717) is 0 Å². The molecule has 0 N–H and O–H groups in total. The van der Waals surface area contributed by atoms with Gasteiger partial charge in [-0.25, -0.2) is 0 Å². The molecule has 0 radical (unpaired) electrons. The molecule has 0 amide bonds. The summed E-state index contributed by atoms with van der Waals surface area (Å²) < 4.78 is 14.0. The van der Waals surface area contributed by atoms with E-state index in [0.717, 1.165) is 0 Å². The van der Waals surface area contributed by atoms with Crippen LogP contribution in [0.4, 0.5) is 0 Å². The average molecular weight is 125 g/mol. The van der Waals surface area contributed by atoms with Crippen molar-refractivity contribution in [1.82, 2.24) is 0 Å². The predicted octanol–water partition coefficient (Wildman–Crippen LogP) is -0.252. The number of rotatable bonds is 2. The lowest BCUT2D eigenvalue weighted by molar-refractivity contribution is -0.779. The summed E-state index contributed by atoms with van der Waals surface area (Å²) >= 11 is 0. The highest BCUT2D eigenvalue weighted by molar-refractivity contribution is 7.57. The lowest BCUT2D eigenvalue weighted by atomic mass is 11.9. The lowest BCUT2D eigenvalue weighted by Gasteiger charge is -2.07. The Morgan fingerprint density at radius 3 is 2.00 bits per heavy atom. The molecule has 0 aromatic carbocycles. The summed E-state index contributed by atoms with van der Waals surface area (Å²) in [5, 5.41) is 11.9. The summed E-state index contributed by atoms with van der Waals surface area (Å²) in [5.74, 6) is 0. The second kappa shape index (κ2) is 2.43. The van der Waals surface area contributed by atoms with E-state index in [2.05, 4.69) is 9.71 Å². The SMILES string of the molecule is CP(C)(=O)OO[O-]. The summed E-state index contributed by atoms with van der Waals surface area (Å²) in [6.07, 6.45) is 0. The predicted molar refractivity (Wildman–Crippen MR) is 21.6 cm³/mol. The third kappa shape index (κ3) is 6.11. The second-order valence-corrected chi connectivity index (χ2v) is 4.05. The van der Waals surface area contributed by atoms with E-state index in [9.17, 15) is 4.57 Å². The van der Waals surface area contributed by atoms with Gasteiger partial charge >= 0.3 is 0 Å². The Bertz CT molecular complexity index is 83.7. The van der Waals surface area contributed by atoms with E-state index in [1.807, 2.05) is 0 Å². The molecule has 0 aromatic heterocycles. The van der Waals surface area contributed by atoms with Gasteiger partial charge < -0.3 is 5.26 Å². The molecule has 0 bridgehead atoms. The van der Waals surface area contributed by atoms with Crippen molar-refractivity contribution in [3.63, 3.8) is 0 Å². The van der Waals surface area contributed by atoms with Crippen LogP contribution < -0.4 is 5.26 Å². The molecule has 0 unspecified atom stereocenters. The summed E-state index contributed by atoms with van der Waals surface area (Å²) in [6, 6.07) is 0. The van der Waals surface area contributed by atoms with Crippen molar-refractivity contribution in [2.75, 3.05) is 13.3 Å². The van der Waals surface area contributed by atoms with Gasteiger partial charge in [-0.3, -0.25) is 9.60 Å². The van der Waals surface area contributed by atoms with Gasteiger partial charge in [0, 0.05) is 13.3 Å². The first-order valence-corrected chi connectivity index (χ1v) is 4.11. The van der Waals surface area contributed by atoms with Gasteiger partial charge in [0.2, 0.25) is 7.37 Å². The van der Waals surface area contributed by atoms with Crippen molar-refractivity contribution in [3.8, 4) is 0 Å². The lowest BCUT2D eigenvalue weighted by Crippen LogP contribution is -2.03. The normalized spacial score (nSPS) is 11.9. The monoisotopic (exact) mass is 125 g/mol. The molecule has 0 aromatic rings. The van der Waals surface area contributed by atoms with E-state index in [1.54, 1.807) is 0 Å². The standard InChI is InChI=1S/C2H7O4P/c1-7(2,4)6-5-3/h3H,1-2H3/p-1. The summed E-state index contributed by atoms with van der Waals surface area (Å²) in [6.45, 7) is 2.57. The molecule has 7 heavy (non-hydrogen) atoms. The Hall–Kier alpha value is 0.110. The maximum atomic E-state index is 10.3. The molecule has 0 saturated heterocycles. The molecule has 0 rings (SSSR count). The second-order valence-electron chi connectivity index (χ2n) is 1.39. The third-order valence-electron chi connectivity index (χ3n) is 0.210. The fraction of sp³-hybridized carbons (Fsp3) is 1.00. The van der Waals surface area contributed by atoms with Crippen molar-refractivity contribution in [1.29, 1.82) is 0 Å². The van der Waals surface area contributed by atoms with E-state index < -0.39 is 7.37 Å². The van der Waals surface area contributed by atoms with Gasteiger partial charge in [0.05, 0.1) is 0 Å². The highest BCUT2D eigenvalue weighted by atomic mass is 31.2. The maximum Gasteiger partial charge on any atom is 0.229 e. The Morgan fingerprint density at radius 1 is 1.57 bits per heavy atom. The van der Waals surface area contributed by atoms with Crippen molar-refractivity contribution in [2.24, 2.45) is 0 Å². The molecular formula is C2H6O4P-. The molecule has 0 aliphatic carbocycles. The van der Waals surface area contributed by atoms with Crippen molar-refractivity contribution >= 4 is 7.37 Å². The summed E-state index contributed by atoms with van der Waals surface area (Å²) in [4.78, 5) is 0. The van der Waals surface area contributed by atoms with Crippen molar-refractivity contribution in [3.05, 3.63) is 0 Å². The highest BCUT2D eigenvalue weighted by Gasteiger charge is 2.03. The van der Waals surface area contributed by atoms with E-state index in [4.69, 9.17) is 5.26 Å². The molecule has 0 atom stereocenters. The van der Waals surface area contributed by atoms with Crippen LogP contribution in [0.2, 0.25) is 0 Å². The molecule has 0 fully saturated rings. The zero-order valence-corrected chi connectivity index (χ0v) is 4.97. The van der Waals surface area contributed by atoms with Gasteiger partial charge in [0.25, 0.3) is 0 Å². The zero-order chi connectivity index (χ0) is 5.91. The van der Waals surface area contributed by atoms with E-state index in [1.165, 1.54) is 13.3 Å². The number of hydrogen-bond acceptors (Lipinski definition) is 4. The van der Waals surface area contributed by atoms with Gasteiger partial charge in [0.1, 0.15) is 0 Å². The Labute approximate surface area is 41.4 Å². The average Bonchev–Trinajstić information content (AvgIpc) is 1.30.